The largest absolute Gasteiger partial charge is 0.349 e. The number of amides is 2. The summed E-state index contributed by atoms with van der Waals surface area (Å²) in [4.78, 5) is 27.8. The fraction of sp³-hybridized carbons (Fsp3) is 0.310. The molecule has 3 aromatic carbocycles. The van der Waals surface area contributed by atoms with Crippen LogP contribution < -0.4 is 10.2 Å². The number of nitrogens with zero attached hydrogens (tertiary/aromatic N) is 1. The molecule has 1 saturated carbocycles. The molecule has 0 unspecified atom stereocenters. The molecule has 1 N–H and O–H groups in total. The number of carbonyl (C=O) groups excluding carboxylic acids is 2. The number of benzene rings is 3. The van der Waals surface area contributed by atoms with Crippen molar-refractivity contribution in [3.63, 3.8) is 0 Å². The lowest BCUT2D eigenvalue weighted by molar-refractivity contribution is -0.122. The first-order chi connectivity index (χ1) is 16.1. The van der Waals surface area contributed by atoms with Crippen molar-refractivity contribution in [3.05, 3.63) is 102 Å². The van der Waals surface area contributed by atoms with Crippen molar-refractivity contribution in [2.24, 2.45) is 5.92 Å². The second-order valence-electron chi connectivity index (χ2n) is 8.93. The van der Waals surface area contributed by atoms with Crippen LogP contribution in [0.25, 0.3) is 0 Å². The molecule has 4 heteroatoms. The molecule has 1 fully saturated rings. The highest BCUT2D eigenvalue weighted by Gasteiger charge is 2.28. The summed E-state index contributed by atoms with van der Waals surface area (Å²) in [5.41, 5.74) is 4.02. The molecule has 4 rings (SSSR count). The third-order valence-electron chi connectivity index (χ3n) is 6.44. The molecule has 2 amide bonds. The topological polar surface area (TPSA) is 49.4 Å². The van der Waals surface area contributed by atoms with Gasteiger partial charge in [-0.05, 0) is 48.6 Å². The van der Waals surface area contributed by atoms with Gasteiger partial charge in [0, 0.05) is 11.6 Å². The van der Waals surface area contributed by atoms with Gasteiger partial charge >= 0.3 is 0 Å². The van der Waals surface area contributed by atoms with Gasteiger partial charge in [-0.1, -0.05) is 85.6 Å². The second-order valence-corrected chi connectivity index (χ2v) is 8.93. The molecule has 0 saturated heterocycles. The van der Waals surface area contributed by atoms with Gasteiger partial charge in [-0.25, -0.2) is 0 Å². The predicted octanol–water partition coefficient (Wildman–Crippen LogP) is 5.83. The molecular weight excluding hydrogens is 408 g/mol. The number of nitrogens with one attached hydrogen (secondary N) is 1. The highest BCUT2D eigenvalue weighted by molar-refractivity contribution is 5.95. The molecule has 0 spiro atoms. The third-order valence-corrected chi connectivity index (χ3v) is 6.44. The number of hydrogen-bond acceptors (Lipinski definition) is 2. The van der Waals surface area contributed by atoms with E-state index in [1.54, 1.807) is 0 Å². The van der Waals surface area contributed by atoms with Gasteiger partial charge in [-0.15, -0.1) is 0 Å². The molecular formula is C29H32N2O2. The summed E-state index contributed by atoms with van der Waals surface area (Å²) in [7, 11) is 0. The minimum atomic E-state index is -0.0385. The van der Waals surface area contributed by atoms with E-state index < -0.39 is 0 Å². The lowest BCUT2D eigenvalue weighted by Crippen LogP contribution is -2.35. The van der Waals surface area contributed by atoms with Crippen molar-refractivity contribution in [2.45, 2.75) is 51.6 Å². The summed E-state index contributed by atoms with van der Waals surface area (Å²) < 4.78 is 0. The van der Waals surface area contributed by atoms with Crippen molar-refractivity contribution >= 4 is 17.5 Å². The fourth-order valence-electron chi connectivity index (χ4n) is 4.55. The lowest BCUT2D eigenvalue weighted by Gasteiger charge is -2.26. The number of carbonyl (C=O) groups is 2. The van der Waals surface area contributed by atoms with E-state index in [2.05, 4.69) is 17.4 Å². The number of rotatable bonds is 8. The van der Waals surface area contributed by atoms with E-state index >= 15 is 0 Å². The van der Waals surface area contributed by atoms with Gasteiger partial charge in [-0.2, -0.15) is 0 Å². The third kappa shape index (κ3) is 6.10. The van der Waals surface area contributed by atoms with Crippen molar-refractivity contribution in [1.82, 2.24) is 5.32 Å². The van der Waals surface area contributed by atoms with E-state index in [4.69, 9.17) is 0 Å². The molecule has 33 heavy (non-hydrogen) atoms. The van der Waals surface area contributed by atoms with E-state index in [1.807, 2.05) is 84.6 Å². The summed E-state index contributed by atoms with van der Waals surface area (Å²) in [5.74, 6) is 0.305. The Bertz CT molecular complexity index is 1040. The van der Waals surface area contributed by atoms with Crippen LogP contribution in [0, 0.1) is 5.92 Å². The zero-order valence-electron chi connectivity index (χ0n) is 19.2. The maximum atomic E-state index is 13.3. The number of hydrogen-bond donors (Lipinski definition) is 1. The van der Waals surface area contributed by atoms with Crippen LogP contribution in [0.5, 0.6) is 0 Å². The van der Waals surface area contributed by atoms with Crippen LogP contribution in [0.3, 0.4) is 0 Å². The molecule has 0 aliphatic heterocycles. The average molecular weight is 441 g/mol. The zero-order chi connectivity index (χ0) is 23.0. The van der Waals surface area contributed by atoms with Crippen molar-refractivity contribution in [2.75, 3.05) is 4.90 Å². The summed E-state index contributed by atoms with van der Waals surface area (Å²) in [6.45, 7) is 2.55. The molecule has 1 atom stereocenters. The van der Waals surface area contributed by atoms with Crippen molar-refractivity contribution < 1.29 is 9.59 Å². The van der Waals surface area contributed by atoms with Gasteiger partial charge in [0.2, 0.25) is 11.8 Å². The first kappa shape index (κ1) is 22.8. The molecule has 170 valence electrons. The van der Waals surface area contributed by atoms with Gasteiger partial charge in [0.05, 0.1) is 19.0 Å². The van der Waals surface area contributed by atoms with Crippen LogP contribution in [0.1, 0.15) is 55.3 Å². The van der Waals surface area contributed by atoms with Gasteiger partial charge < -0.3 is 10.2 Å². The van der Waals surface area contributed by atoms with E-state index in [-0.39, 0.29) is 23.8 Å². The maximum Gasteiger partial charge on any atom is 0.230 e. The summed E-state index contributed by atoms with van der Waals surface area (Å²) in [6, 6.07) is 27.9. The minimum Gasteiger partial charge on any atom is -0.349 e. The molecule has 3 aromatic rings. The van der Waals surface area contributed by atoms with E-state index in [1.165, 1.54) is 0 Å². The molecule has 1 aliphatic carbocycles. The Labute approximate surface area is 196 Å². The van der Waals surface area contributed by atoms with E-state index in [0.717, 1.165) is 48.1 Å². The zero-order valence-corrected chi connectivity index (χ0v) is 19.2. The minimum absolute atomic E-state index is 0.0118. The maximum absolute atomic E-state index is 13.3. The first-order valence-corrected chi connectivity index (χ1v) is 11.9. The Morgan fingerprint density at radius 3 is 2.09 bits per heavy atom. The average Bonchev–Trinajstić information content (AvgIpc) is 3.39. The Kier molecular flexibility index (Phi) is 7.56. The standard InChI is InChI=1S/C29H32N2O2/c1-22(25-12-6-3-7-13-25)30-28(32)20-23-16-18-27(19-17-23)31(21-24-10-4-2-5-11-24)29(33)26-14-8-9-15-26/h2-7,10-13,16-19,22,26H,8-9,14-15,20-21H2,1H3,(H,30,32)/t22-/m1/s1. The van der Waals surface area contributed by atoms with Crippen LogP contribution >= 0.6 is 0 Å². The van der Waals surface area contributed by atoms with Crippen molar-refractivity contribution in [3.8, 4) is 0 Å². The molecule has 1 aliphatic rings. The highest BCUT2D eigenvalue weighted by atomic mass is 16.2. The Hall–Kier alpha value is -3.40. The van der Waals surface area contributed by atoms with E-state index in [0.29, 0.717) is 13.0 Å². The van der Waals surface area contributed by atoms with Crippen LogP contribution in [0.15, 0.2) is 84.9 Å². The number of anilines is 1. The Morgan fingerprint density at radius 1 is 0.848 bits per heavy atom. The monoisotopic (exact) mass is 440 g/mol. The first-order valence-electron chi connectivity index (χ1n) is 11.9. The van der Waals surface area contributed by atoms with Crippen LogP contribution in [-0.4, -0.2) is 11.8 Å². The lowest BCUT2D eigenvalue weighted by atomic mass is 10.0. The fourth-order valence-corrected chi connectivity index (χ4v) is 4.55. The second kappa shape index (κ2) is 11.0. The smallest absolute Gasteiger partial charge is 0.230 e. The SMILES string of the molecule is C[C@@H](NC(=O)Cc1ccc(N(Cc2ccccc2)C(=O)C2CCCC2)cc1)c1ccccc1. The van der Waals surface area contributed by atoms with Crippen molar-refractivity contribution in [1.29, 1.82) is 0 Å². The van der Waals surface area contributed by atoms with Gasteiger partial charge in [-0.3, -0.25) is 9.59 Å². The molecule has 4 nitrogen and oxygen atoms in total. The summed E-state index contributed by atoms with van der Waals surface area (Å²) in [6.07, 6.45) is 4.52. The van der Waals surface area contributed by atoms with Crippen LogP contribution in [-0.2, 0) is 22.6 Å². The van der Waals surface area contributed by atoms with Crippen LogP contribution in [0.2, 0.25) is 0 Å². The molecule has 0 radical (unpaired) electrons. The normalized spacial score (nSPS) is 14.6. The Morgan fingerprint density at radius 2 is 1.45 bits per heavy atom. The molecule has 0 bridgehead atoms. The Balaban J connectivity index is 1.44. The summed E-state index contributed by atoms with van der Waals surface area (Å²) >= 11 is 0. The molecule has 0 heterocycles. The molecule has 0 aromatic heterocycles. The van der Waals surface area contributed by atoms with E-state index in [9.17, 15) is 9.59 Å². The highest BCUT2D eigenvalue weighted by Crippen LogP contribution is 2.30. The quantitative estimate of drug-likeness (QED) is 0.479. The van der Waals surface area contributed by atoms with Gasteiger partial charge in [0.15, 0.2) is 0 Å². The van der Waals surface area contributed by atoms with Gasteiger partial charge in [0.1, 0.15) is 0 Å². The predicted molar refractivity (Wildman–Crippen MR) is 133 cm³/mol. The van der Waals surface area contributed by atoms with Gasteiger partial charge in [0.25, 0.3) is 0 Å². The summed E-state index contributed by atoms with van der Waals surface area (Å²) in [5, 5.41) is 3.07. The van der Waals surface area contributed by atoms with Crippen LogP contribution in [0.4, 0.5) is 5.69 Å².